The summed E-state index contributed by atoms with van der Waals surface area (Å²) in [5.41, 5.74) is 0. The van der Waals surface area contributed by atoms with Gasteiger partial charge in [-0.25, -0.2) is 0 Å². The van der Waals surface area contributed by atoms with E-state index in [2.05, 4.69) is 17.6 Å². The number of carbonyl (C=O) groups is 1. The molecule has 0 saturated carbocycles. The van der Waals surface area contributed by atoms with Gasteiger partial charge in [0.15, 0.2) is 0 Å². The molecule has 0 radical (unpaired) electrons. The smallest absolute Gasteiger partial charge is 0.223 e. The van der Waals surface area contributed by atoms with E-state index in [9.17, 15) is 4.79 Å². The van der Waals surface area contributed by atoms with Crippen LogP contribution in [0.25, 0.3) is 0 Å². The Bertz CT molecular complexity index is 230. The molecule has 2 fully saturated rings. The van der Waals surface area contributed by atoms with E-state index in [1.807, 2.05) is 11.8 Å². The minimum absolute atomic E-state index is 0. The summed E-state index contributed by atoms with van der Waals surface area (Å²) in [6.45, 7) is 4.07. The Balaban J connectivity index is 0.00000128. The fourth-order valence-corrected chi connectivity index (χ4v) is 3.16. The molecule has 2 heterocycles. The second-order valence-corrected chi connectivity index (χ2v) is 5.83. The van der Waals surface area contributed by atoms with Gasteiger partial charge in [0.1, 0.15) is 0 Å². The normalized spacial score (nSPS) is 24.1. The van der Waals surface area contributed by atoms with Crippen molar-refractivity contribution in [2.45, 2.75) is 25.8 Å². The van der Waals surface area contributed by atoms with Crippen molar-refractivity contribution in [2.75, 3.05) is 24.6 Å². The van der Waals surface area contributed by atoms with E-state index in [0.717, 1.165) is 25.9 Å². The summed E-state index contributed by atoms with van der Waals surface area (Å²) in [6.07, 6.45) is 2.29. The molecule has 16 heavy (non-hydrogen) atoms. The van der Waals surface area contributed by atoms with Gasteiger partial charge in [0, 0.05) is 12.0 Å². The third-order valence-corrected chi connectivity index (χ3v) is 4.55. The Kier molecular flexibility index (Phi) is 5.94. The molecule has 3 nitrogen and oxygen atoms in total. The summed E-state index contributed by atoms with van der Waals surface area (Å²) in [7, 11) is 0. The third-order valence-electron chi connectivity index (χ3n) is 3.50. The molecule has 0 aromatic heterocycles. The Labute approximate surface area is 108 Å². The molecule has 2 rings (SSSR count). The first-order chi connectivity index (χ1) is 7.27. The quantitative estimate of drug-likeness (QED) is 0.807. The zero-order valence-electron chi connectivity index (χ0n) is 9.70. The topological polar surface area (TPSA) is 41.1 Å². The summed E-state index contributed by atoms with van der Waals surface area (Å²) in [5.74, 6) is 3.40. The van der Waals surface area contributed by atoms with Crippen LogP contribution in [0.1, 0.15) is 19.8 Å². The number of halogens is 1. The molecule has 1 atom stereocenters. The van der Waals surface area contributed by atoms with E-state index in [1.165, 1.54) is 11.5 Å². The van der Waals surface area contributed by atoms with Gasteiger partial charge in [-0.1, -0.05) is 6.92 Å². The Hall–Kier alpha value is 0.0700. The maximum absolute atomic E-state index is 11.9. The predicted molar refractivity (Wildman–Crippen MR) is 71.3 cm³/mol. The summed E-state index contributed by atoms with van der Waals surface area (Å²) in [4.78, 5) is 11.9. The summed E-state index contributed by atoms with van der Waals surface area (Å²) in [5, 5.41) is 6.40. The SMILES string of the molecule is CC(C(=O)NC1CCSCC1)C1CNC1.Cl. The second kappa shape index (κ2) is 6.72. The molecule has 2 N–H and O–H groups in total. The molecule has 0 spiro atoms. The lowest BCUT2D eigenvalue weighted by Crippen LogP contribution is -2.51. The average molecular weight is 265 g/mol. The van der Waals surface area contributed by atoms with E-state index in [4.69, 9.17) is 0 Å². The Morgan fingerprint density at radius 2 is 2.00 bits per heavy atom. The largest absolute Gasteiger partial charge is 0.353 e. The lowest BCUT2D eigenvalue weighted by Gasteiger charge is -2.33. The number of carbonyl (C=O) groups excluding carboxylic acids is 1. The molecular weight excluding hydrogens is 244 g/mol. The van der Waals surface area contributed by atoms with Crippen molar-refractivity contribution in [1.29, 1.82) is 0 Å². The van der Waals surface area contributed by atoms with Crippen LogP contribution in [0.2, 0.25) is 0 Å². The number of nitrogens with one attached hydrogen (secondary N) is 2. The molecule has 2 aliphatic rings. The highest BCUT2D eigenvalue weighted by molar-refractivity contribution is 7.99. The van der Waals surface area contributed by atoms with Crippen molar-refractivity contribution >= 4 is 30.1 Å². The highest BCUT2D eigenvalue weighted by atomic mass is 35.5. The number of rotatable bonds is 3. The van der Waals surface area contributed by atoms with E-state index in [1.54, 1.807) is 0 Å². The van der Waals surface area contributed by atoms with Crippen molar-refractivity contribution in [3.8, 4) is 0 Å². The van der Waals surface area contributed by atoms with E-state index >= 15 is 0 Å². The van der Waals surface area contributed by atoms with Crippen LogP contribution in [0.3, 0.4) is 0 Å². The first-order valence-corrected chi connectivity index (χ1v) is 7.01. The number of thioether (sulfide) groups is 1. The zero-order chi connectivity index (χ0) is 10.7. The maximum Gasteiger partial charge on any atom is 0.223 e. The highest BCUT2D eigenvalue weighted by Crippen LogP contribution is 2.19. The summed E-state index contributed by atoms with van der Waals surface area (Å²) in [6, 6.07) is 0.439. The summed E-state index contributed by atoms with van der Waals surface area (Å²) >= 11 is 1.99. The van der Waals surface area contributed by atoms with Crippen LogP contribution in [-0.4, -0.2) is 36.5 Å². The molecule has 2 saturated heterocycles. The van der Waals surface area contributed by atoms with Gasteiger partial charge in [0.2, 0.25) is 5.91 Å². The van der Waals surface area contributed by atoms with Gasteiger partial charge in [-0.3, -0.25) is 4.79 Å². The van der Waals surface area contributed by atoms with Crippen LogP contribution in [0.15, 0.2) is 0 Å². The predicted octanol–water partition coefficient (Wildman–Crippen LogP) is 1.28. The number of hydrogen-bond acceptors (Lipinski definition) is 3. The van der Waals surface area contributed by atoms with Crippen molar-refractivity contribution in [3.63, 3.8) is 0 Å². The second-order valence-electron chi connectivity index (χ2n) is 4.60. The van der Waals surface area contributed by atoms with Crippen molar-refractivity contribution < 1.29 is 4.79 Å². The van der Waals surface area contributed by atoms with Gasteiger partial charge in [-0.2, -0.15) is 11.8 Å². The van der Waals surface area contributed by atoms with Crippen LogP contribution in [-0.2, 0) is 4.79 Å². The van der Waals surface area contributed by atoms with Gasteiger partial charge in [-0.05, 0) is 43.4 Å². The number of hydrogen-bond donors (Lipinski definition) is 2. The zero-order valence-corrected chi connectivity index (χ0v) is 11.3. The van der Waals surface area contributed by atoms with Crippen LogP contribution in [0.4, 0.5) is 0 Å². The fourth-order valence-electron chi connectivity index (χ4n) is 2.05. The van der Waals surface area contributed by atoms with Gasteiger partial charge in [0.05, 0.1) is 0 Å². The van der Waals surface area contributed by atoms with E-state index in [0.29, 0.717) is 12.0 Å². The molecule has 94 valence electrons. The van der Waals surface area contributed by atoms with Crippen LogP contribution in [0.5, 0.6) is 0 Å². The van der Waals surface area contributed by atoms with Crippen LogP contribution < -0.4 is 10.6 Å². The lowest BCUT2D eigenvalue weighted by molar-refractivity contribution is -0.127. The van der Waals surface area contributed by atoms with Gasteiger partial charge in [-0.15, -0.1) is 12.4 Å². The molecule has 0 bridgehead atoms. The fraction of sp³-hybridized carbons (Fsp3) is 0.909. The minimum atomic E-state index is 0. The molecule has 0 aromatic carbocycles. The first-order valence-electron chi connectivity index (χ1n) is 5.86. The van der Waals surface area contributed by atoms with Crippen molar-refractivity contribution in [3.05, 3.63) is 0 Å². The Morgan fingerprint density at radius 3 is 2.50 bits per heavy atom. The summed E-state index contributed by atoms with van der Waals surface area (Å²) < 4.78 is 0. The monoisotopic (exact) mass is 264 g/mol. The molecule has 0 aromatic rings. The van der Waals surface area contributed by atoms with Gasteiger partial charge < -0.3 is 10.6 Å². The standard InChI is InChI=1S/C11H20N2OS.ClH/c1-8(9-6-12-7-9)11(14)13-10-2-4-15-5-3-10;/h8-10,12H,2-7H2,1H3,(H,13,14);1H. The van der Waals surface area contributed by atoms with Crippen LogP contribution >= 0.6 is 24.2 Å². The van der Waals surface area contributed by atoms with Gasteiger partial charge >= 0.3 is 0 Å². The molecule has 5 heteroatoms. The van der Waals surface area contributed by atoms with Crippen molar-refractivity contribution in [1.82, 2.24) is 10.6 Å². The molecule has 1 amide bonds. The van der Waals surface area contributed by atoms with Crippen LogP contribution in [0, 0.1) is 11.8 Å². The highest BCUT2D eigenvalue weighted by Gasteiger charge is 2.29. The lowest BCUT2D eigenvalue weighted by atomic mass is 9.88. The van der Waals surface area contributed by atoms with Gasteiger partial charge in [0.25, 0.3) is 0 Å². The average Bonchev–Trinajstić information content (AvgIpc) is 2.16. The van der Waals surface area contributed by atoms with E-state index in [-0.39, 0.29) is 24.2 Å². The molecule has 1 unspecified atom stereocenters. The maximum atomic E-state index is 11.9. The Morgan fingerprint density at radius 1 is 1.38 bits per heavy atom. The molecule has 0 aliphatic carbocycles. The van der Waals surface area contributed by atoms with Crippen molar-refractivity contribution in [2.24, 2.45) is 11.8 Å². The molecular formula is C11H21ClN2OS. The first kappa shape index (κ1) is 14.1. The van der Waals surface area contributed by atoms with E-state index < -0.39 is 0 Å². The number of amides is 1. The third kappa shape index (κ3) is 3.54. The minimum Gasteiger partial charge on any atom is -0.353 e. The molecule has 2 aliphatic heterocycles.